The molecule has 0 heterocycles. The Morgan fingerprint density at radius 2 is 1.44 bits per heavy atom. The predicted molar refractivity (Wildman–Crippen MR) is 55.5 cm³/mol. The van der Waals surface area contributed by atoms with Gasteiger partial charge in [-0.15, -0.1) is 11.6 Å². The van der Waals surface area contributed by atoms with Gasteiger partial charge in [-0.2, -0.15) is 0 Å². The summed E-state index contributed by atoms with van der Waals surface area (Å²) >= 11 is 5.80. The summed E-state index contributed by atoms with van der Waals surface area (Å²) in [5.41, 5.74) is -0.778. The van der Waals surface area contributed by atoms with Crippen molar-refractivity contribution in [1.29, 1.82) is 0 Å². The second kappa shape index (κ2) is 3.57. The minimum atomic E-state index is -1.90. The Labute approximate surface area is 104 Å². The first-order chi connectivity index (χ1) is 8.45. The lowest BCUT2D eigenvalue weighted by atomic mass is 9.70. The van der Waals surface area contributed by atoms with Gasteiger partial charge in [0.25, 0.3) is 0 Å². The molecule has 3 aliphatic carbocycles. The zero-order valence-corrected chi connectivity index (χ0v) is 9.44. The molecule has 0 aromatic heterocycles. The lowest BCUT2D eigenvalue weighted by Gasteiger charge is -2.36. The number of hydrogen-bond donors (Lipinski definition) is 0. The number of halogens is 5. The smallest absolute Gasteiger partial charge is 0.197 e. The van der Waals surface area contributed by atoms with Crippen molar-refractivity contribution in [1.82, 2.24) is 0 Å². The maximum Gasteiger partial charge on any atom is 0.197 e. The molecule has 6 heteroatoms. The molecule has 0 spiro atoms. The van der Waals surface area contributed by atoms with E-state index < -0.39 is 51.8 Å². The minimum absolute atomic E-state index is 0.349. The molecule has 0 fully saturated rings. The largest absolute Gasteiger partial charge is 0.297 e. The molecule has 0 aliphatic heterocycles. The van der Waals surface area contributed by atoms with Gasteiger partial charge < -0.3 is 0 Å². The molecule has 1 aromatic rings. The molecule has 1 nitrogen and oxygen atoms in total. The van der Waals surface area contributed by atoms with Crippen molar-refractivity contribution in [3.05, 3.63) is 46.5 Å². The zero-order valence-electron chi connectivity index (χ0n) is 8.68. The molecule has 18 heavy (non-hydrogen) atoms. The van der Waals surface area contributed by atoms with Crippen molar-refractivity contribution < 1.29 is 22.4 Å². The fraction of sp³-hybridized carbons (Fsp3) is 0.250. The number of rotatable bonds is 0. The van der Waals surface area contributed by atoms with Crippen molar-refractivity contribution in [3.63, 3.8) is 0 Å². The van der Waals surface area contributed by atoms with Gasteiger partial charge in [-0.05, 0) is 0 Å². The summed E-state index contributed by atoms with van der Waals surface area (Å²) in [7, 11) is 0. The lowest BCUT2D eigenvalue weighted by Crippen LogP contribution is -2.38. The molecule has 3 aliphatic rings. The number of ketones is 1. The minimum Gasteiger partial charge on any atom is -0.297 e. The summed E-state index contributed by atoms with van der Waals surface area (Å²) in [6.45, 7) is 0. The van der Waals surface area contributed by atoms with Crippen LogP contribution in [0, 0.1) is 23.3 Å². The van der Waals surface area contributed by atoms with Crippen molar-refractivity contribution in [3.8, 4) is 0 Å². The normalized spacial score (nSPS) is 28.7. The van der Waals surface area contributed by atoms with E-state index in [4.69, 9.17) is 11.6 Å². The Balaban J connectivity index is 2.40. The highest BCUT2D eigenvalue weighted by Gasteiger charge is 2.47. The third-order valence-electron chi connectivity index (χ3n) is 3.39. The van der Waals surface area contributed by atoms with Gasteiger partial charge >= 0.3 is 0 Å². The van der Waals surface area contributed by atoms with Crippen LogP contribution in [0.4, 0.5) is 17.6 Å². The van der Waals surface area contributed by atoms with E-state index >= 15 is 0 Å². The number of carbonyl (C=O) groups is 1. The molecule has 0 amide bonds. The maximum atomic E-state index is 13.7. The zero-order chi connectivity index (χ0) is 13.2. The van der Waals surface area contributed by atoms with Crippen LogP contribution < -0.4 is 0 Å². The lowest BCUT2D eigenvalue weighted by molar-refractivity contribution is -0.120. The van der Waals surface area contributed by atoms with E-state index in [0.29, 0.717) is 0 Å². The number of alkyl halides is 1. The molecule has 2 bridgehead atoms. The fourth-order valence-corrected chi connectivity index (χ4v) is 2.89. The van der Waals surface area contributed by atoms with Gasteiger partial charge in [0, 0.05) is 17.0 Å². The summed E-state index contributed by atoms with van der Waals surface area (Å²) in [6, 6.07) is 0. The molecular weight excluding hydrogens is 272 g/mol. The summed E-state index contributed by atoms with van der Waals surface area (Å²) < 4.78 is 53.7. The third-order valence-corrected chi connectivity index (χ3v) is 3.88. The number of carbonyl (C=O) groups excluding carboxylic acids is 1. The second-order valence-corrected chi connectivity index (χ2v) is 4.75. The third kappa shape index (κ3) is 1.20. The molecule has 0 saturated carbocycles. The fourth-order valence-electron chi connectivity index (χ4n) is 2.55. The maximum absolute atomic E-state index is 13.7. The van der Waals surface area contributed by atoms with Crippen LogP contribution in [-0.2, 0) is 4.79 Å². The van der Waals surface area contributed by atoms with Gasteiger partial charge in [-0.3, -0.25) is 4.79 Å². The van der Waals surface area contributed by atoms with Gasteiger partial charge in [0.2, 0.25) is 0 Å². The Kier molecular flexibility index (Phi) is 2.32. The number of benzene rings is 1. The van der Waals surface area contributed by atoms with E-state index in [-0.39, 0.29) is 5.56 Å². The van der Waals surface area contributed by atoms with Gasteiger partial charge in [-0.1, -0.05) is 12.2 Å². The van der Waals surface area contributed by atoms with Crippen LogP contribution >= 0.6 is 11.6 Å². The topological polar surface area (TPSA) is 17.1 Å². The number of hydrogen-bond acceptors (Lipinski definition) is 1. The van der Waals surface area contributed by atoms with Gasteiger partial charge in [0.15, 0.2) is 29.1 Å². The van der Waals surface area contributed by atoms with Crippen LogP contribution in [0.15, 0.2) is 12.2 Å². The first kappa shape index (κ1) is 11.7. The summed E-state index contributed by atoms with van der Waals surface area (Å²) in [5.74, 6) is -9.38. The predicted octanol–water partition coefficient (Wildman–Crippen LogP) is 3.17. The van der Waals surface area contributed by atoms with Crippen LogP contribution in [0.25, 0.3) is 0 Å². The molecule has 0 radical (unpaired) electrons. The monoisotopic (exact) mass is 276 g/mol. The molecule has 4 rings (SSSR count). The number of fused-ring (bicyclic) bond motifs is 1. The highest BCUT2D eigenvalue weighted by atomic mass is 35.5. The van der Waals surface area contributed by atoms with Crippen molar-refractivity contribution in [2.75, 3.05) is 0 Å². The molecule has 94 valence electrons. The van der Waals surface area contributed by atoms with Crippen molar-refractivity contribution >= 4 is 17.4 Å². The number of allylic oxidation sites excluding steroid dienone is 2. The standard InChI is InChI=1S/C12H5ClF4O/c13-7-3-1-2-4(12(7)18)6-5(3)8(14)10(16)11(17)9(6)15/h1-4,7H/t3-,4+,7+/m0/s1. The highest BCUT2D eigenvalue weighted by Crippen LogP contribution is 2.48. The summed E-state index contributed by atoms with van der Waals surface area (Å²) in [6.07, 6.45) is 2.76. The van der Waals surface area contributed by atoms with Gasteiger partial charge in [-0.25, -0.2) is 17.6 Å². The Bertz CT molecular complexity index is 611. The van der Waals surface area contributed by atoms with Gasteiger partial charge in [0.1, 0.15) is 5.38 Å². The highest BCUT2D eigenvalue weighted by molar-refractivity contribution is 6.33. The Hall–Kier alpha value is -1.36. The van der Waals surface area contributed by atoms with E-state index in [1.807, 2.05) is 0 Å². The average Bonchev–Trinajstić information content (AvgIpc) is 2.38. The molecule has 1 aromatic carbocycles. The van der Waals surface area contributed by atoms with Crippen LogP contribution in [0.5, 0.6) is 0 Å². The van der Waals surface area contributed by atoms with Crippen LogP contribution in [0.1, 0.15) is 23.0 Å². The summed E-state index contributed by atoms with van der Waals surface area (Å²) in [5, 5.41) is -1.08. The van der Waals surface area contributed by atoms with E-state index in [1.54, 1.807) is 0 Å². The molecular formula is C12H5ClF4O. The van der Waals surface area contributed by atoms with Crippen LogP contribution in [-0.4, -0.2) is 11.2 Å². The first-order valence-corrected chi connectivity index (χ1v) is 5.60. The van der Waals surface area contributed by atoms with Crippen LogP contribution in [0.2, 0.25) is 0 Å². The van der Waals surface area contributed by atoms with E-state index in [1.165, 1.54) is 12.2 Å². The second-order valence-electron chi connectivity index (χ2n) is 4.28. The SMILES string of the molecule is O=C1[C@@H]2C=C[C@@H](c3c(F)c(F)c(F)c(F)c32)[C@H]1Cl. The van der Waals surface area contributed by atoms with E-state index in [0.717, 1.165) is 0 Å². The average molecular weight is 277 g/mol. The number of Topliss-reactive ketones (excluding diaryl/α,β-unsaturated/α-hetero) is 1. The molecule has 0 unspecified atom stereocenters. The Morgan fingerprint density at radius 1 is 0.889 bits per heavy atom. The summed E-state index contributed by atoms with van der Waals surface area (Å²) in [4.78, 5) is 11.7. The van der Waals surface area contributed by atoms with E-state index in [9.17, 15) is 22.4 Å². The van der Waals surface area contributed by atoms with E-state index in [2.05, 4.69) is 0 Å². The first-order valence-electron chi connectivity index (χ1n) is 5.17. The molecule has 0 saturated heterocycles. The van der Waals surface area contributed by atoms with Gasteiger partial charge in [0.05, 0.1) is 5.92 Å². The molecule has 0 N–H and O–H groups in total. The Morgan fingerprint density at radius 3 is 2.06 bits per heavy atom. The molecule has 3 atom stereocenters. The van der Waals surface area contributed by atoms with Crippen molar-refractivity contribution in [2.45, 2.75) is 17.2 Å². The quantitative estimate of drug-likeness (QED) is 0.234. The van der Waals surface area contributed by atoms with Crippen LogP contribution in [0.3, 0.4) is 0 Å². The van der Waals surface area contributed by atoms with Crippen molar-refractivity contribution in [2.24, 2.45) is 0 Å².